The van der Waals surface area contributed by atoms with E-state index in [1.165, 1.54) is 23.7 Å². The highest BCUT2D eigenvalue weighted by Crippen LogP contribution is 2.70. The van der Waals surface area contributed by atoms with E-state index in [0.29, 0.717) is 43.5 Å². The summed E-state index contributed by atoms with van der Waals surface area (Å²) in [5, 5.41) is 13.7. The van der Waals surface area contributed by atoms with E-state index in [-0.39, 0.29) is 22.2 Å². The van der Waals surface area contributed by atoms with Crippen molar-refractivity contribution in [2.24, 2.45) is 5.41 Å². The third-order valence-corrected chi connectivity index (χ3v) is 6.21. The third-order valence-electron chi connectivity index (χ3n) is 6.21. The zero-order valence-electron chi connectivity index (χ0n) is 13.7. The van der Waals surface area contributed by atoms with Crippen molar-refractivity contribution in [1.29, 1.82) is 5.26 Å². The topological polar surface area (TPSA) is 63.6 Å². The highest BCUT2D eigenvalue weighted by Gasteiger charge is 2.71. The first-order chi connectivity index (χ1) is 11.9. The Bertz CT molecular complexity index is 986. The summed E-state index contributed by atoms with van der Waals surface area (Å²) in [6.07, 6.45) is 3.22. The third kappa shape index (κ3) is 1.69. The molecule has 0 saturated heterocycles. The molecule has 5 nitrogen and oxygen atoms in total. The minimum absolute atomic E-state index is 0.0133. The normalized spacial score (nSPS) is 31.8. The minimum Gasteiger partial charge on any atom is -0.271 e. The van der Waals surface area contributed by atoms with E-state index < -0.39 is 17.7 Å². The Kier molecular flexibility index (Phi) is 2.59. The van der Waals surface area contributed by atoms with Crippen molar-refractivity contribution in [3.05, 3.63) is 51.2 Å². The average molecular weight is 342 g/mol. The van der Waals surface area contributed by atoms with Gasteiger partial charge in [-0.15, -0.1) is 0 Å². The van der Waals surface area contributed by atoms with Crippen LogP contribution in [-0.2, 0) is 12.0 Å². The Hall–Kier alpha value is -2.49. The molecule has 0 N–H and O–H groups in total. The molecule has 3 saturated carbocycles. The summed E-state index contributed by atoms with van der Waals surface area (Å²) in [6.45, 7) is 1.40. The molecule has 1 aliphatic heterocycles. The molecule has 0 radical (unpaired) electrons. The Morgan fingerprint density at radius 2 is 1.92 bits per heavy atom. The minimum atomic E-state index is -0.598. The fourth-order valence-electron chi connectivity index (χ4n) is 4.86. The number of fused-ring (bicyclic) bond motifs is 1. The molecule has 0 unspecified atom stereocenters. The highest BCUT2D eigenvalue weighted by atomic mass is 19.1. The van der Waals surface area contributed by atoms with Gasteiger partial charge in [-0.1, -0.05) is 0 Å². The van der Waals surface area contributed by atoms with Crippen molar-refractivity contribution in [3.8, 4) is 6.07 Å². The van der Waals surface area contributed by atoms with E-state index in [1.807, 2.05) is 0 Å². The zero-order chi connectivity index (χ0) is 17.6. The first-order valence-electron chi connectivity index (χ1n) is 8.46. The fraction of sp³-hybridized carbons (Fsp3) is 0.500. The molecule has 1 aromatic heterocycles. The molecule has 3 aliphatic carbocycles. The highest BCUT2D eigenvalue weighted by molar-refractivity contribution is 5.31. The Balaban J connectivity index is 1.56. The lowest BCUT2D eigenvalue weighted by molar-refractivity contribution is -0.155. The van der Waals surface area contributed by atoms with E-state index in [9.17, 15) is 13.6 Å². The van der Waals surface area contributed by atoms with E-state index in [4.69, 9.17) is 5.26 Å². The summed E-state index contributed by atoms with van der Waals surface area (Å²) in [6, 6.07) is 4.56. The van der Waals surface area contributed by atoms with Crippen molar-refractivity contribution in [3.63, 3.8) is 0 Å². The Morgan fingerprint density at radius 3 is 2.52 bits per heavy atom. The number of nitrogens with zero attached hydrogens (tertiary/aromatic N) is 4. The lowest BCUT2D eigenvalue weighted by Gasteiger charge is -2.65. The Morgan fingerprint density at radius 1 is 1.28 bits per heavy atom. The zero-order valence-corrected chi connectivity index (χ0v) is 13.7. The van der Waals surface area contributed by atoms with Gasteiger partial charge in [0, 0.05) is 12.0 Å². The van der Waals surface area contributed by atoms with E-state index in [0.717, 1.165) is 0 Å². The van der Waals surface area contributed by atoms with Crippen LogP contribution in [0.5, 0.6) is 0 Å². The summed E-state index contributed by atoms with van der Waals surface area (Å²) in [7, 11) is 0. The molecular weight excluding hydrogens is 326 g/mol. The van der Waals surface area contributed by atoms with Gasteiger partial charge >= 0.3 is 5.69 Å². The van der Waals surface area contributed by atoms with Gasteiger partial charge in [0.05, 0.1) is 23.1 Å². The first-order valence-corrected chi connectivity index (χ1v) is 8.46. The van der Waals surface area contributed by atoms with Crippen LogP contribution in [0.2, 0.25) is 0 Å². The van der Waals surface area contributed by atoms with E-state index in [2.05, 4.69) is 11.2 Å². The van der Waals surface area contributed by atoms with Crippen LogP contribution in [0.25, 0.3) is 0 Å². The quantitative estimate of drug-likeness (QED) is 0.843. The monoisotopic (exact) mass is 342 g/mol. The molecule has 4 aliphatic rings. The maximum absolute atomic E-state index is 13.9. The lowest BCUT2D eigenvalue weighted by Crippen LogP contribution is -2.69. The van der Waals surface area contributed by atoms with Gasteiger partial charge in [-0.3, -0.25) is 4.57 Å². The SMILES string of the molecule is Cc1c(F)cc([C@@H]2CCc3nn(C45CC(C#N)(C4)C5)c(=O)n32)cc1F. The van der Waals surface area contributed by atoms with Gasteiger partial charge in [-0.25, -0.2) is 18.3 Å². The van der Waals surface area contributed by atoms with Crippen LogP contribution in [0.4, 0.5) is 8.78 Å². The van der Waals surface area contributed by atoms with Crippen LogP contribution in [-0.4, -0.2) is 14.3 Å². The molecule has 6 rings (SSSR count). The number of hydrogen-bond donors (Lipinski definition) is 0. The van der Waals surface area contributed by atoms with E-state index >= 15 is 0 Å². The molecular formula is C18H16F2N4O. The van der Waals surface area contributed by atoms with Gasteiger partial charge in [0.25, 0.3) is 0 Å². The molecule has 128 valence electrons. The van der Waals surface area contributed by atoms with E-state index in [1.54, 1.807) is 4.57 Å². The molecule has 2 aromatic rings. The van der Waals surface area contributed by atoms with Crippen molar-refractivity contribution >= 4 is 0 Å². The second-order valence-corrected chi connectivity index (χ2v) is 7.79. The maximum atomic E-state index is 13.9. The summed E-state index contributed by atoms with van der Waals surface area (Å²) < 4.78 is 31.0. The summed E-state index contributed by atoms with van der Waals surface area (Å²) in [5.74, 6) is -0.536. The number of nitriles is 1. The molecule has 2 heterocycles. The number of aryl methyl sites for hydroxylation is 1. The molecule has 2 bridgehead atoms. The van der Waals surface area contributed by atoms with Crippen molar-refractivity contribution in [1.82, 2.24) is 14.3 Å². The van der Waals surface area contributed by atoms with Crippen LogP contribution in [0.1, 0.15) is 48.7 Å². The van der Waals surface area contributed by atoms with Crippen molar-refractivity contribution < 1.29 is 8.78 Å². The van der Waals surface area contributed by atoms with Crippen LogP contribution in [0.15, 0.2) is 16.9 Å². The number of benzene rings is 1. The molecule has 0 amide bonds. The van der Waals surface area contributed by atoms with Crippen LogP contribution in [0.3, 0.4) is 0 Å². The van der Waals surface area contributed by atoms with Crippen LogP contribution >= 0.6 is 0 Å². The molecule has 1 aromatic carbocycles. The second kappa shape index (κ2) is 4.37. The summed E-state index contributed by atoms with van der Waals surface area (Å²) in [5.41, 5.74) is -0.368. The molecule has 3 fully saturated rings. The number of aromatic nitrogens is 3. The predicted molar refractivity (Wildman–Crippen MR) is 83.9 cm³/mol. The lowest BCUT2D eigenvalue weighted by atomic mass is 9.40. The first kappa shape index (κ1) is 14.8. The van der Waals surface area contributed by atoms with Gasteiger partial charge in [-0.05, 0) is 50.3 Å². The van der Waals surface area contributed by atoms with Crippen molar-refractivity contribution in [2.75, 3.05) is 0 Å². The number of hydrogen-bond acceptors (Lipinski definition) is 3. The summed E-state index contributed by atoms with van der Waals surface area (Å²) >= 11 is 0. The van der Waals surface area contributed by atoms with Gasteiger partial charge < -0.3 is 0 Å². The standard InChI is InChI=1S/C18H16F2N4O/c1-10-12(19)4-11(5-13(10)20)14-2-3-15-22-24(16(25)23(14)15)18-6-17(7-18,8-18)9-21/h4-5,14H,2-3,6-8H2,1H3/t14-,17?,18?/m0/s1. The van der Waals surface area contributed by atoms with Gasteiger partial charge in [-0.2, -0.15) is 10.4 Å². The van der Waals surface area contributed by atoms with Gasteiger partial charge in [0.2, 0.25) is 0 Å². The van der Waals surface area contributed by atoms with Crippen LogP contribution in [0, 0.1) is 35.3 Å². The fourth-order valence-corrected chi connectivity index (χ4v) is 4.86. The molecule has 25 heavy (non-hydrogen) atoms. The largest absolute Gasteiger partial charge is 0.347 e. The maximum Gasteiger partial charge on any atom is 0.347 e. The smallest absolute Gasteiger partial charge is 0.271 e. The molecule has 0 spiro atoms. The van der Waals surface area contributed by atoms with Crippen LogP contribution < -0.4 is 5.69 Å². The predicted octanol–water partition coefficient (Wildman–Crippen LogP) is 2.57. The Labute approximate surface area is 142 Å². The van der Waals surface area contributed by atoms with Crippen molar-refractivity contribution in [2.45, 2.75) is 50.6 Å². The molecule has 1 atom stereocenters. The molecule has 7 heteroatoms. The van der Waals surface area contributed by atoms with Gasteiger partial charge in [0.1, 0.15) is 17.5 Å². The van der Waals surface area contributed by atoms with Gasteiger partial charge in [0.15, 0.2) is 0 Å². The summed E-state index contributed by atoms with van der Waals surface area (Å²) in [4.78, 5) is 12.9. The number of rotatable bonds is 2. The number of halogens is 2. The average Bonchev–Trinajstić information content (AvgIpc) is 3.04. The second-order valence-electron chi connectivity index (χ2n) is 7.79.